The average Bonchev–Trinajstić information content (AvgIpc) is 2.09. The molecular formula is C11H24O2. The molecule has 0 rings (SSSR count). The maximum atomic E-state index is 9.00. The highest BCUT2D eigenvalue weighted by molar-refractivity contribution is 4.49. The van der Waals surface area contributed by atoms with E-state index in [9.17, 15) is 0 Å². The summed E-state index contributed by atoms with van der Waals surface area (Å²) in [4.78, 5) is 0. The van der Waals surface area contributed by atoms with Gasteiger partial charge in [-0.25, -0.2) is 0 Å². The van der Waals surface area contributed by atoms with Crippen LogP contribution >= 0.6 is 0 Å². The highest BCUT2D eigenvalue weighted by Gasteiger charge is 1.95. The van der Waals surface area contributed by atoms with Gasteiger partial charge in [0.1, 0.15) is 0 Å². The smallest absolute Gasteiger partial charge is 0.0512 e. The largest absolute Gasteiger partial charge is 0.396 e. The molecule has 0 heterocycles. The fraction of sp³-hybridized carbons (Fsp3) is 1.00. The van der Waals surface area contributed by atoms with Crippen molar-refractivity contribution < 1.29 is 10.2 Å². The first-order valence-corrected chi connectivity index (χ1v) is 5.56. The molecule has 0 saturated carbocycles. The molecule has 1 atom stereocenters. The van der Waals surface area contributed by atoms with Gasteiger partial charge in [-0.3, -0.25) is 0 Å². The van der Waals surface area contributed by atoms with Crippen LogP contribution in [0.3, 0.4) is 0 Å². The topological polar surface area (TPSA) is 40.5 Å². The van der Waals surface area contributed by atoms with Crippen LogP contribution in [0.5, 0.6) is 0 Å². The fourth-order valence-electron chi connectivity index (χ4n) is 1.44. The molecule has 0 radical (unpaired) electrons. The summed E-state index contributed by atoms with van der Waals surface area (Å²) in [6, 6.07) is 0. The monoisotopic (exact) mass is 188 g/mol. The lowest BCUT2D eigenvalue weighted by Gasteiger charge is -2.03. The van der Waals surface area contributed by atoms with Crippen molar-refractivity contribution in [2.75, 3.05) is 6.61 Å². The number of rotatable bonds is 9. The van der Waals surface area contributed by atoms with E-state index >= 15 is 0 Å². The second-order valence-corrected chi connectivity index (χ2v) is 3.84. The Hall–Kier alpha value is -0.0800. The Morgan fingerprint density at radius 1 is 0.846 bits per heavy atom. The minimum absolute atomic E-state index is 0.130. The summed E-state index contributed by atoms with van der Waals surface area (Å²) >= 11 is 0. The summed E-state index contributed by atoms with van der Waals surface area (Å²) in [5, 5.41) is 17.5. The number of aliphatic hydroxyl groups excluding tert-OH is 2. The summed E-state index contributed by atoms with van der Waals surface area (Å²) in [6.07, 6.45) is 9.11. The molecule has 13 heavy (non-hydrogen) atoms. The van der Waals surface area contributed by atoms with Crippen LogP contribution in [0, 0.1) is 0 Å². The van der Waals surface area contributed by atoms with Crippen molar-refractivity contribution in [2.24, 2.45) is 0 Å². The highest BCUT2D eigenvalue weighted by atomic mass is 16.3. The molecule has 0 fully saturated rings. The van der Waals surface area contributed by atoms with Crippen molar-refractivity contribution in [3.8, 4) is 0 Å². The second kappa shape index (κ2) is 10.0. The summed E-state index contributed by atoms with van der Waals surface area (Å²) in [5.74, 6) is 0. The summed E-state index contributed by atoms with van der Waals surface area (Å²) in [5.41, 5.74) is 0. The van der Waals surface area contributed by atoms with Crippen LogP contribution < -0.4 is 0 Å². The normalized spacial score (nSPS) is 13.2. The van der Waals surface area contributed by atoms with Crippen molar-refractivity contribution in [2.45, 2.75) is 64.4 Å². The summed E-state index contributed by atoms with van der Waals surface area (Å²) < 4.78 is 0. The molecule has 0 bridgehead atoms. The van der Waals surface area contributed by atoms with Crippen LogP contribution in [0.4, 0.5) is 0 Å². The highest BCUT2D eigenvalue weighted by Crippen LogP contribution is 2.09. The number of hydrogen-bond donors (Lipinski definition) is 2. The Morgan fingerprint density at radius 3 is 1.77 bits per heavy atom. The van der Waals surface area contributed by atoms with E-state index in [1.807, 2.05) is 6.92 Å². The van der Waals surface area contributed by atoms with Gasteiger partial charge in [-0.1, -0.05) is 38.5 Å². The van der Waals surface area contributed by atoms with E-state index in [4.69, 9.17) is 10.2 Å². The van der Waals surface area contributed by atoms with Gasteiger partial charge < -0.3 is 10.2 Å². The lowest BCUT2D eigenvalue weighted by Crippen LogP contribution is -1.98. The van der Waals surface area contributed by atoms with E-state index in [0.29, 0.717) is 6.61 Å². The molecular weight excluding hydrogens is 164 g/mol. The third-order valence-corrected chi connectivity index (χ3v) is 2.28. The quantitative estimate of drug-likeness (QED) is 0.546. The molecule has 1 unspecified atom stereocenters. The van der Waals surface area contributed by atoms with Gasteiger partial charge in [-0.15, -0.1) is 0 Å². The molecule has 0 aromatic heterocycles. The number of hydrogen-bond acceptors (Lipinski definition) is 2. The lowest BCUT2D eigenvalue weighted by atomic mass is 10.1. The Balaban J connectivity index is 2.84. The van der Waals surface area contributed by atoms with E-state index in [1.165, 1.54) is 25.7 Å². The molecule has 80 valence electrons. The molecule has 0 saturated heterocycles. The van der Waals surface area contributed by atoms with Crippen molar-refractivity contribution in [1.29, 1.82) is 0 Å². The SMILES string of the molecule is CC(O)CCCCCCCCCO. The standard InChI is InChI=1S/C11H24O2/c1-11(13)9-7-5-3-2-4-6-8-10-12/h11-13H,2-10H2,1H3. The molecule has 0 aliphatic rings. The van der Waals surface area contributed by atoms with Crippen molar-refractivity contribution in [1.82, 2.24) is 0 Å². The molecule has 0 aliphatic heterocycles. The Labute approximate surface area is 82.0 Å². The predicted octanol–water partition coefficient (Wildman–Crippen LogP) is 2.48. The van der Waals surface area contributed by atoms with Gasteiger partial charge in [0.15, 0.2) is 0 Å². The van der Waals surface area contributed by atoms with Gasteiger partial charge in [0.2, 0.25) is 0 Å². The molecule has 2 N–H and O–H groups in total. The van der Waals surface area contributed by atoms with Crippen LogP contribution in [0.15, 0.2) is 0 Å². The first-order valence-electron chi connectivity index (χ1n) is 5.56. The Bertz CT molecular complexity index is 92.1. The summed E-state index contributed by atoms with van der Waals surface area (Å²) in [6.45, 7) is 2.18. The maximum absolute atomic E-state index is 9.00. The fourth-order valence-corrected chi connectivity index (χ4v) is 1.44. The van der Waals surface area contributed by atoms with Gasteiger partial charge in [0.25, 0.3) is 0 Å². The van der Waals surface area contributed by atoms with Crippen molar-refractivity contribution in [3.63, 3.8) is 0 Å². The van der Waals surface area contributed by atoms with Crippen LogP contribution in [-0.2, 0) is 0 Å². The van der Waals surface area contributed by atoms with Gasteiger partial charge in [0.05, 0.1) is 6.10 Å². The maximum Gasteiger partial charge on any atom is 0.0512 e. The molecule has 0 aliphatic carbocycles. The summed E-state index contributed by atoms with van der Waals surface area (Å²) in [7, 11) is 0. The van der Waals surface area contributed by atoms with E-state index in [-0.39, 0.29) is 6.10 Å². The zero-order valence-corrected chi connectivity index (χ0v) is 8.84. The number of unbranched alkanes of at least 4 members (excludes halogenated alkanes) is 6. The predicted molar refractivity (Wildman–Crippen MR) is 55.7 cm³/mol. The number of aliphatic hydroxyl groups is 2. The minimum atomic E-state index is -0.130. The van der Waals surface area contributed by atoms with E-state index in [0.717, 1.165) is 25.7 Å². The molecule has 0 aromatic rings. The average molecular weight is 188 g/mol. The minimum Gasteiger partial charge on any atom is -0.396 e. The molecule has 0 aromatic carbocycles. The zero-order valence-electron chi connectivity index (χ0n) is 8.84. The van der Waals surface area contributed by atoms with E-state index < -0.39 is 0 Å². The first-order chi connectivity index (χ1) is 6.27. The van der Waals surface area contributed by atoms with Crippen LogP contribution in [0.25, 0.3) is 0 Å². The van der Waals surface area contributed by atoms with E-state index in [1.54, 1.807) is 0 Å². The third-order valence-electron chi connectivity index (χ3n) is 2.28. The zero-order chi connectivity index (χ0) is 9.94. The first kappa shape index (κ1) is 12.9. The van der Waals surface area contributed by atoms with Crippen molar-refractivity contribution in [3.05, 3.63) is 0 Å². The van der Waals surface area contributed by atoms with E-state index in [2.05, 4.69) is 0 Å². The lowest BCUT2D eigenvalue weighted by molar-refractivity contribution is 0.180. The van der Waals surface area contributed by atoms with Gasteiger partial charge in [0, 0.05) is 6.61 Å². The second-order valence-electron chi connectivity index (χ2n) is 3.84. The molecule has 0 spiro atoms. The third kappa shape index (κ3) is 11.9. The van der Waals surface area contributed by atoms with Crippen molar-refractivity contribution >= 4 is 0 Å². The van der Waals surface area contributed by atoms with Gasteiger partial charge in [-0.2, -0.15) is 0 Å². The van der Waals surface area contributed by atoms with Gasteiger partial charge >= 0.3 is 0 Å². The van der Waals surface area contributed by atoms with Gasteiger partial charge in [-0.05, 0) is 19.8 Å². The van der Waals surface area contributed by atoms with Crippen LogP contribution in [0.2, 0.25) is 0 Å². The molecule has 2 nitrogen and oxygen atoms in total. The Morgan fingerprint density at radius 2 is 1.31 bits per heavy atom. The van der Waals surface area contributed by atoms with Crippen LogP contribution in [0.1, 0.15) is 58.3 Å². The molecule has 2 heteroatoms. The molecule has 0 amide bonds. The van der Waals surface area contributed by atoms with Crippen LogP contribution in [-0.4, -0.2) is 22.9 Å². The Kier molecular flexibility index (Phi) is 9.94.